The van der Waals surface area contributed by atoms with Gasteiger partial charge in [-0.3, -0.25) is 0 Å². The smallest absolute Gasteiger partial charge is 0.175 e. The van der Waals surface area contributed by atoms with Crippen LogP contribution in [0.25, 0.3) is 0 Å². The van der Waals surface area contributed by atoms with Gasteiger partial charge >= 0.3 is 0 Å². The summed E-state index contributed by atoms with van der Waals surface area (Å²) < 4.78 is 10.6. The molecular weight excluding hydrogens is 184 g/mol. The van der Waals surface area contributed by atoms with Crippen LogP contribution in [0.3, 0.4) is 0 Å². The summed E-state index contributed by atoms with van der Waals surface area (Å²) in [5, 5.41) is 0. The number of fused-ring (bicyclic) bond motifs is 1. The van der Waals surface area contributed by atoms with Crippen molar-refractivity contribution in [1.29, 1.82) is 0 Å². The van der Waals surface area contributed by atoms with Crippen LogP contribution in [0.4, 0.5) is 0 Å². The summed E-state index contributed by atoms with van der Waals surface area (Å²) in [7, 11) is 1.61. The van der Waals surface area contributed by atoms with Crippen molar-refractivity contribution in [3.8, 4) is 17.2 Å². The van der Waals surface area contributed by atoms with Crippen LogP contribution in [0, 0.1) is 0 Å². The highest BCUT2D eigenvalue weighted by Crippen LogP contribution is 2.37. The Morgan fingerprint density at radius 1 is 1.36 bits per heavy atom. The molecule has 0 N–H and O–H groups in total. The molecule has 1 aromatic carbocycles. The largest absolute Gasteiger partial charge is 0.493 e. The fraction of sp³-hybridized carbons (Fsp3) is 0.400. The average molecular weight is 196 g/mol. The van der Waals surface area contributed by atoms with E-state index >= 15 is 0 Å². The molecule has 14 heavy (non-hydrogen) atoms. The maximum Gasteiger partial charge on any atom is 0.175 e. The summed E-state index contributed by atoms with van der Waals surface area (Å²) in [4.78, 5) is 9.79. The van der Waals surface area contributed by atoms with Gasteiger partial charge in [0.2, 0.25) is 0 Å². The molecule has 0 saturated carbocycles. The van der Waals surface area contributed by atoms with Crippen LogP contribution in [-0.4, -0.2) is 13.7 Å². The Hall–Kier alpha value is -1.42. The number of benzene rings is 1. The van der Waals surface area contributed by atoms with Crippen molar-refractivity contribution in [3.63, 3.8) is 0 Å². The molecule has 0 aliphatic carbocycles. The van der Waals surface area contributed by atoms with Gasteiger partial charge in [-0.25, -0.2) is 0 Å². The zero-order chi connectivity index (χ0) is 9.97. The highest BCUT2D eigenvalue weighted by Gasteiger charge is 2.18. The lowest BCUT2D eigenvalue weighted by molar-refractivity contribution is -0.194. The molecule has 0 amide bonds. The molecule has 0 bridgehead atoms. The molecule has 1 heterocycles. The second-order valence-electron chi connectivity index (χ2n) is 2.89. The molecule has 4 nitrogen and oxygen atoms in total. The number of rotatable bonds is 3. The van der Waals surface area contributed by atoms with Gasteiger partial charge in [0, 0.05) is 11.6 Å². The van der Waals surface area contributed by atoms with E-state index in [0.717, 1.165) is 5.56 Å². The predicted octanol–water partition coefficient (Wildman–Crippen LogP) is 1.92. The monoisotopic (exact) mass is 196 g/mol. The van der Waals surface area contributed by atoms with Gasteiger partial charge in [0.1, 0.15) is 6.61 Å². The number of methoxy groups -OCH3 is 1. The SMILES string of the molecule is CCOc1cc2c(cc1OC)COO2. The summed E-state index contributed by atoms with van der Waals surface area (Å²) in [6, 6.07) is 3.65. The van der Waals surface area contributed by atoms with Crippen LogP contribution in [-0.2, 0) is 11.5 Å². The third-order valence-electron chi connectivity index (χ3n) is 2.01. The standard InChI is InChI=1S/C10H12O4/c1-3-12-10-5-8-7(6-13-14-8)4-9(10)11-2/h4-5H,3,6H2,1-2H3. The summed E-state index contributed by atoms with van der Waals surface area (Å²) >= 11 is 0. The van der Waals surface area contributed by atoms with Gasteiger partial charge in [-0.1, -0.05) is 0 Å². The molecule has 0 atom stereocenters. The average Bonchev–Trinajstić information content (AvgIpc) is 2.64. The van der Waals surface area contributed by atoms with Crippen molar-refractivity contribution in [1.82, 2.24) is 0 Å². The molecule has 4 heteroatoms. The molecule has 0 fully saturated rings. The van der Waals surface area contributed by atoms with Crippen LogP contribution in [0.5, 0.6) is 17.2 Å². The molecule has 0 radical (unpaired) electrons. The van der Waals surface area contributed by atoms with Crippen LogP contribution in [0.1, 0.15) is 12.5 Å². The first-order valence-electron chi connectivity index (χ1n) is 4.48. The van der Waals surface area contributed by atoms with E-state index in [1.54, 1.807) is 13.2 Å². The molecule has 76 valence electrons. The lowest BCUT2D eigenvalue weighted by Gasteiger charge is -2.09. The molecule has 2 rings (SSSR count). The lowest BCUT2D eigenvalue weighted by atomic mass is 10.2. The fourth-order valence-electron chi connectivity index (χ4n) is 1.36. The van der Waals surface area contributed by atoms with Gasteiger partial charge < -0.3 is 14.4 Å². The van der Waals surface area contributed by atoms with Crippen LogP contribution >= 0.6 is 0 Å². The molecule has 0 unspecified atom stereocenters. The quantitative estimate of drug-likeness (QED) is 0.692. The van der Waals surface area contributed by atoms with Gasteiger partial charge in [0.15, 0.2) is 17.2 Å². The van der Waals surface area contributed by atoms with Gasteiger partial charge in [-0.05, 0) is 13.0 Å². The van der Waals surface area contributed by atoms with Crippen molar-refractivity contribution >= 4 is 0 Å². The number of ether oxygens (including phenoxy) is 2. The summed E-state index contributed by atoms with van der Waals surface area (Å²) in [5.41, 5.74) is 0.977. The lowest BCUT2D eigenvalue weighted by Crippen LogP contribution is -1.96. The van der Waals surface area contributed by atoms with Crippen molar-refractivity contribution in [3.05, 3.63) is 17.7 Å². The van der Waals surface area contributed by atoms with Gasteiger partial charge in [-0.15, -0.1) is 0 Å². The van der Waals surface area contributed by atoms with E-state index < -0.39 is 0 Å². The van der Waals surface area contributed by atoms with Gasteiger partial charge in [0.05, 0.1) is 13.7 Å². The Kier molecular flexibility index (Phi) is 2.45. The van der Waals surface area contributed by atoms with E-state index in [4.69, 9.17) is 19.2 Å². The fourth-order valence-corrected chi connectivity index (χ4v) is 1.36. The molecule has 1 aliphatic rings. The molecular formula is C10H12O4. The minimum Gasteiger partial charge on any atom is -0.493 e. The molecule has 0 spiro atoms. The van der Waals surface area contributed by atoms with Gasteiger partial charge in [-0.2, -0.15) is 4.89 Å². The van der Waals surface area contributed by atoms with E-state index in [1.807, 2.05) is 13.0 Å². The summed E-state index contributed by atoms with van der Waals surface area (Å²) in [6.07, 6.45) is 0. The summed E-state index contributed by atoms with van der Waals surface area (Å²) in [5.74, 6) is 2.09. The first-order chi connectivity index (χ1) is 6.85. The second-order valence-corrected chi connectivity index (χ2v) is 2.89. The number of hydrogen-bond acceptors (Lipinski definition) is 4. The van der Waals surface area contributed by atoms with Crippen LogP contribution < -0.4 is 14.4 Å². The van der Waals surface area contributed by atoms with E-state index in [-0.39, 0.29) is 0 Å². The van der Waals surface area contributed by atoms with Crippen molar-refractivity contribution in [2.45, 2.75) is 13.5 Å². The van der Waals surface area contributed by atoms with E-state index in [9.17, 15) is 0 Å². The Morgan fingerprint density at radius 2 is 2.21 bits per heavy atom. The minimum absolute atomic E-state index is 0.456. The van der Waals surface area contributed by atoms with E-state index in [1.165, 1.54) is 0 Å². The van der Waals surface area contributed by atoms with Crippen LogP contribution in [0.15, 0.2) is 12.1 Å². The topological polar surface area (TPSA) is 36.9 Å². The minimum atomic E-state index is 0.456. The highest BCUT2D eigenvalue weighted by atomic mass is 17.2. The van der Waals surface area contributed by atoms with Crippen molar-refractivity contribution in [2.75, 3.05) is 13.7 Å². The number of hydrogen-bond donors (Lipinski definition) is 0. The second kappa shape index (κ2) is 3.75. The first kappa shape index (κ1) is 9.15. The highest BCUT2D eigenvalue weighted by molar-refractivity contribution is 5.51. The van der Waals surface area contributed by atoms with E-state index in [0.29, 0.717) is 30.5 Å². The third kappa shape index (κ3) is 1.48. The van der Waals surface area contributed by atoms with Crippen LogP contribution in [0.2, 0.25) is 0 Å². The maximum atomic E-state index is 5.39. The third-order valence-corrected chi connectivity index (χ3v) is 2.01. The zero-order valence-corrected chi connectivity index (χ0v) is 8.20. The zero-order valence-electron chi connectivity index (χ0n) is 8.20. The Morgan fingerprint density at radius 3 is 2.93 bits per heavy atom. The van der Waals surface area contributed by atoms with Crippen molar-refractivity contribution < 1.29 is 19.2 Å². The van der Waals surface area contributed by atoms with Crippen molar-refractivity contribution in [2.24, 2.45) is 0 Å². The molecule has 1 aromatic rings. The van der Waals surface area contributed by atoms with Gasteiger partial charge in [0.25, 0.3) is 0 Å². The van der Waals surface area contributed by atoms with E-state index in [2.05, 4.69) is 0 Å². The molecule has 0 aromatic heterocycles. The predicted molar refractivity (Wildman–Crippen MR) is 49.6 cm³/mol. The Bertz CT molecular complexity index is 335. The molecule has 0 saturated heterocycles. The Labute approximate surface area is 82.3 Å². The first-order valence-corrected chi connectivity index (χ1v) is 4.48. The summed E-state index contributed by atoms with van der Waals surface area (Å²) in [6.45, 7) is 2.97. The Balaban J connectivity index is 2.38. The normalized spacial score (nSPS) is 13.3. The molecule has 1 aliphatic heterocycles. The maximum absolute atomic E-state index is 5.39.